The van der Waals surface area contributed by atoms with E-state index >= 15 is 0 Å². The zero-order valence-corrected chi connectivity index (χ0v) is 10.4. The van der Waals surface area contributed by atoms with E-state index in [1.165, 1.54) is 0 Å². The number of halogens is 3. The number of hydrogen-bond donors (Lipinski definition) is 1. The van der Waals surface area contributed by atoms with E-state index in [1.807, 2.05) is 13.8 Å². The summed E-state index contributed by atoms with van der Waals surface area (Å²) in [6, 6.07) is 1.02. The molecular weight excluding hydrogens is 227 g/mol. The topological polar surface area (TPSA) is 12.0 Å². The predicted molar refractivity (Wildman–Crippen MR) is 62.2 cm³/mol. The minimum atomic E-state index is -0.887. The first-order valence-electron chi connectivity index (χ1n) is 5.81. The van der Waals surface area contributed by atoms with Crippen molar-refractivity contribution in [3.05, 3.63) is 35.1 Å². The molecule has 0 aliphatic carbocycles. The molecule has 0 aromatic heterocycles. The van der Waals surface area contributed by atoms with Gasteiger partial charge in [-0.25, -0.2) is 13.2 Å². The summed E-state index contributed by atoms with van der Waals surface area (Å²) in [5.41, 5.74) is -0.0748. The summed E-state index contributed by atoms with van der Waals surface area (Å²) in [5, 5.41) is 2.88. The highest BCUT2D eigenvalue weighted by Crippen LogP contribution is 2.27. The molecule has 2 atom stereocenters. The molecule has 1 aromatic carbocycles. The van der Waals surface area contributed by atoms with Crippen LogP contribution in [0.1, 0.15) is 38.3 Å². The van der Waals surface area contributed by atoms with Crippen LogP contribution < -0.4 is 5.32 Å². The Morgan fingerprint density at radius 2 is 1.71 bits per heavy atom. The van der Waals surface area contributed by atoms with E-state index < -0.39 is 23.5 Å². The van der Waals surface area contributed by atoms with Crippen molar-refractivity contribution in [1.82, 2.24) is 5.32 Å². The average Bonchev–Trinajstić information content (AvgIpc) is 2.25. The molecule has 0 aliphatic rings. The van der Waals surface area contributed by atoms with Gasteiger partial charge in [-0.15, -0.1) is 0 Å². The fourth-order valence-electron chi connectivity index (χ4n) is 1.84. The lowest BCUT2D eigenvalue weighted by Gasteiger charge is -2.21. The Kier molecular flexibility index (Phi) is 5.00. The molecule has 17 heavy (non-hydrogen) atoms. The normalized spacial score (nSPS) is 14.7. The molecule has 0 bridgehead atoms. The van der Waals surface area contributed by atoms with Crippen molar-refractivity contribution in [2.45, 2.75) is 32.7 Å². The first-order valence-corrected chi connectivity index (χ1v) is 5.81. The number of benzene rings is 1. The summed E-state index contributed by atoms with van der Waals surface area (Å²) >= 11 is 0. The summed E-state index contributed by atoms with van der Waals surface area (Å²) in [4.78, 5) is 0. The summed E-state index contributed by atoms with van der Waals surface area (Å²) in [6.07, 6.45) is 1.55. The SMILES string of the molecule is CCC(C)CC(NC)c1c(F)cc(F)cc1F. The Morgan fingerprint density at radius 1 is 1.18 bits per heavy atom. The predicted octanol–water partition coefficient (Wildman–Crippen LogP) is 3.80. The van der Waals surface area contributed by atoms with Crippen LogP contribution in [0.3, 0.4) is 0 Å². The van der Waals surface area contributed by atoms with Gasteiger partial charge in [0.25, 0.3) is 0 Å². The second-order valence-electron chi connectivity index (χ2n) is 4.37. The zero-order chi connectivity index (χ0) is 13.0. The Morgan fingerprint density at radius 3 is 2.12 bits per heavy atom. The van der Waals surface area contributed by atoms with E-state index in [9.17, 15) is 13.2 Å². The van der Waals surface area contributed by atoms with Gasteiger partial charge in [-0.05, 0) is 19.4 Å². The maximum Gasteiger partial charge on any atom is 0.133 e. The van der Waals surface area contributed by atoms with Gasteiger partial charge in [0.15, 0.2) is 0 Å². The second-order valence-corrected chi connectivity index (χ2v) is 4.37. The zero-order valence-electron chi connectivity index (χ0n) is 10.4. The first-order chi connectivity index (χ1) is 7.99. The lowest BCUT2D eigenvalue weighted by Crippen LogP contribution is -2.21. The van der Waals surface area contributed by atoms with Crippen molar-refractivity contribution in [1.29, 1.82) is 0 Å². The lowest BCUT2D eigenvalue weighted by molar-refractivity contribution is 0.394. The summed E-state index contributed by atoms with van der Waals surface area (Å²) in [6.45, 7) is 4.04. The molecule has 0 amide bonds. The lowest BCUT2D eigenvalue weighted by atomic mass is 9.93. The molecule has 0 saturated heterocycles. The largest absolute Gasteiger partial charge is 0.313 e. The van der Waals surface area contributed by atoms with Crippen molar-refractivity contribution >= 4 is 0 Å². The first kappa shape index (κ1) is 14.0. The van der Waals surface area contributed by atoms with E-state index in [2.05, 4.69) is 5.32 Å². The van der Waals surface area contributed by atoms with Gasteiger partial charge in [0.1, 0.15) is 17.5 Å². The third-order valence-electron chi connectivity index (χ3n) is 3.08. The van der Waals surface area contributed by atoms with Crippen molar-refractivity contribution < 1.29 is 13.2 Å². The van der Waals surface area contributed by atoms with Crippen LogP contribution in [0.15, 0.2) is 12.1 Å². The highest BCUT2D eigenvalue weighted by atomic mass is 19.1. The van der Waals surface area contributed by atoms with Crippen LogP contribution in [-0.2, 0) is 0 Å². The van der Waals surface area contributed by atoms with E-state index in [4.69, 9.17) is 0 Å². The molecule has 1 N–H and O–H groups in total. The Hall–Kier alpha value is -1.03. The minimum absolute atomic E-state index is 0.0748. The second kappa shape index (κ2) is 6.05. The molecule has 0 heterocycles. The monoisotopic (exact) mass is 245 g/mol. The van der Waals surface area contributed by atoms with Crippen LogP contribution in [0, 0.1) is 23.4 Å². The van der Waals surface area contributed by atoms with Gasteiger partial charge >= 0.3 is 0 Å². The number of hydrogen-bond acceptors (Lipinski definition) is 1. The smallest absolute Gasteiger partial charge is 0.133 e. The van der Waals surface area contributed by atoms with E-state index in [0.717, 1.165) is 18.6 Å². The summed E-state index contributed by atoms with van der Waals surface area (Å²) < 4.78 is 40.0. The maximum absolute atomic E-state index is 13.6. The summed E-state index contributed by atoms with van der Waals surface area (Å²) in [7, 11) is 1.65. The molecule has 0 fully saturated rings. The highest BCUT2D eigenvalue weighted by Gasteiger charge is 2.21. The molecule has 1 aromatic rings. The van der Waals surface area contributed by atoms with E-state index in [-0.39, 0.29) is 5.56 Å². The van der Waals surface area contributed by atoms with E-state index in [1.54, 1.807) is 7.05 Å². The third-order valence-corrected chi connectivity index (χ3v) is 3.08. The van der Waals surface area contributed by atoms with Crippen molar-refractivity contribution in [3.8, 4) is 0 Å². The van der Waals surface area contributed by atoms with Gasteiger partial charge in [0.05, 0.1) is 0 Å². The minimum Gasteiger partial charge on any atom is -0.313 e. The van der Waals surface area contributed by atoms with E-state index in [0.29, 0.717) is 12.3 Å². The molecule has 0 radical (unpaired) electrons. The highest BCUT2D eigenvalue weighted by molar-refractivity contribution is 5.24. The molecule has 0 aliphatic heterocycles. The molecule has 96 valence electrons. The van der Waals surface area contributed by atoms with Gasteiger partial charge in [0.2, 0.25) is 0 Å². The maximum atomic E-state index is 13.6. The van der Waals surface area contributed by atoms with Crippen LogP contribution >= 0.6 is 0 Å². The van der Waals surface area contributed by atoms with Gasteiger partial charge in [-0.3, -0.25) is 0 Å². The van der Waals surface area contributed by atoms with Crippen molar-refractivity contribution in [2.24, 2.45) is 5.92 Å². The Labute approximate surface area is 100 Å². The fraction of sp³-hybridized carbons (Fsp3) is 0.538. The molecule has 0 saturated carbocycles. The Bertz CT molecular complexity index is 356. The average molecular weight is 245 g/mol. The summed E-state index contributed by atoms with van der Waals surface area (Å²) in [5.74, 6) is -2.20. The van der Waals surface area contributed by atoms with Gasteiger partial charge in [-0.2, -0.15) is 0 Å². The van der Waals surface area contributed by atoms with Crippen LogP contribution in [0.4, 0.5) is 13.2 Å². The van der Waals surface area contributed by atoms with Gasteiger partial charge < -0.3 is 5.32 Å². The fourth-order valence-corrected chi connectivity index (χ4v) is 1.84. The van der Waals surface area contributed by atoms with Gasteiger partial charge in [0, 0.05) is 23.7 Å². The van der Waals surface area contributed by atoms with Crippen LogP contribution in [0.25, 0.3) is 0 Å². The van der Waals surface area contributed by atoms with Crippen LogP contribution in [0.5, 0.6) is 0 Å². The number of rotatable bonds is 5. The number of nitrogens with one attached hydrogen (secondary N) is 1. The molecule has 2 unspecified atom stereocenters. The quantitative estimate of drug-likeness (QED) is 0.832. The Balaban J connectivity index is 3.03. The molecule has 0 spiro atoms. The van der Waals surface area contributed by atoms with Crippen molar-refractivity contribution in [3.63, 3.8) is 0 Å². The molecule has 1 nitrogen and oxygen atoms in total. The molecule has 1 rings (SSSR count). The standard InChI is InChI=1S/C13H18F3N/c1-4-8(2)5-12(17-3)13-10(15)6-9(14)7-11(13)16/h6-8,12,17H,4-5H2,1-3H3. The third kappa shape index (κ3) is 3.46. The molecular formula is C13H18F3N. The molecule has 4 heteroatoms. The van der Waals surface area contributed by atoms with Crippen LogP contribution in [-0.4, -0.2) is 7.05 Å². The van der Waals surface area contributed by atoms with Crippen molar-refractivity contribution in [2.75, 3.05) is 7.05 Å². The van der Waals surface area contributed by atoms with Crippen LogP contribution in [0.2, 0.25) is 0 Å². The van der Waals surface area contributed by atoms with Gasteiger partial charge in [-0.1, -0.05) is 20.3 Å².